The number of hydrogen-bond donors (Lipinski definition) is 1. The molecule has 1 unspecified atom stereocenters. The zero-order valence-electron chi connectivity index (χ0n) is 16.4. The fraction of sp³-hybridized carbons (Fsp3) is 0.348. The molecule has 1 N–H and O–H groups in total. The van der Waals surface area contributed by atoms with E-state index < -0.39 is 0 Å². The van der Waals surface area contributed by atoms with Gasteiger partial charge in [0, 0.05) is 24.1 Å². The number of carbonyl (C=O) groups excluding carboxylic acids is 2. The van der Waals surface area contributed by atoms with Gasteiger partial charge in [0.15, 0.2) is 0 Å². The quantitative estimate of drug-likeness (QED) is 0.679. The Hall–Kier alpha value is -3.15. The average molecular weight is 389 g/mol. The molecule has 0 radical (unpaired) electrons. The summed E-state index contributed by atoms with van der Waals surface area (Å²) < 4.78 is 5.03. The maximum atomic E-state index is 13.4. The Morgan fingerprint density at radius 1 is 1.21 bits per heavy atom. The lowest BCUT2D eigenvalue weighted by molar-refractivity contribution is 0.0539. The maximum Gasteiger partial charge on any atom is 0.338 e. The molecule has 1 fully saturated rings. The predicted octanol–water partition coefficient (Wildman–Crippen LogP) is 3.68. The van der Waals surface area contributed by atoms with Crippen LogP contribution in [-0.2, 0) is 11.2 Å². The van der Waals surface area contributed by atoms with Crippen LogP contribution in [0.4, 0.5) is 0 Å². The molecule has 1 aliphatic carbocycles. The number of aryl methyl sites for hydroxylation is 1. The number of likely N-dealkylation sites (tertiary alicyclic amines) is 1. The minimum atomic E-state index is -0.296. The van der Waals surface area contributed by atoms with Crippen molar-refractivity contribution < 1.29 is 14.3 Å². The molecule has 0 spiro atoms. The number of rotatable bonds is 2. The van der Waals surface area contributed by atoms with E-state index in [9.17, 15) is 9.59 Å². The first-order chi connectivity index (χ1) is 14.2. The number of benzene rings is 2. The van der Waals surface area contributed by atoms with Crippen molar-refractivity contribution >= 4 is 22.9 Å². The molecular formula is C23H23N3O3. The number of amides is 1. The van der Waals surface area contributed by atoms with Gasteiger partial charge in [0.2, 0.25) is 0 Å². The first-order valence-electron chi connectivity index (χ1n) is 10.1. The molecule has 1 amide bonds. The van der Waals surface area contributed by atoms with Gasteiger partial charge in [-0.1, -0.05) is 12.1 Å². The number of hydrogen-bond acceptors (Lipinski definition) is 4. The average Bonchev–Trinajstić information content (AvgIpc) is 3.25. The van der Waals surface area contributed by atoms with Crippen LogP contribution in [0.15, 0.2) is 42.7 Å². The molecule has 148 valence electrons. The topological polar surface area (TPSA) is 75.3 Å². The molecule has 1 saturated heterocycles. The third kappa shape index (κ3) is 2.90. The SMILES string of the molecule is COC(=O)c1cccc2c1C1CCCN(C(=O)c3ccc4[nH]cnc4c3)[C@H]1CC2. The summed E-state index contributed by atoms with van der Waals surface area (Å²) in [6.45, 7) is 0.744. The smallest absolute Gasteiger partial charge is 0.338 e. The number of nitrogens with one attached hydrogen (secondary N) is 1. The standard InChI is InChI=1S/C23H23N3O3/c1-29-23(28)17-5-2-4-14-8-10-20-16(21(14)17)6-3-11-26(20)22(27)15-7-9-18-19(12-15)25-13-24-18/h2,4-5,7,9,12-13,16,20H,3,6,8,10-11H2,1H3,(H,24,25)/t16?,20-/m0/s1. The minimum absolute atomic E-state index is 0.0450. The van der Waals surface area contributed by atoms with Crippen molar-refractivity contribution in [2.75, 3.05) is 13.7 Å². The monoisotopic (exact) mass is 389 g/mol. The number of carbonyl (C=O) groups is 2. The van der Waals surface area contributed by atoms with Crippen molar-refractivity contribution in [2.24, 2.45) is 0 Å². The van der Waals surface area contributed by atoms with E-state index in [1.807, 2.05) is 35.2 Å². The summed E-state index contributed by atoms with van der Waals surface area (Å²) in [7, 11) is 1.42. The summed E-state index contributed by atoms with van der Waals surface area (Å²) >= 11 is 0. The third-order valence-corrected chi connectivity index (χ3v) is 6.39. The molecule has 0 bridgehead atoms. The number of aromatic amines is 1. The molecule has 6 heteroatoms. The Labute approximate surface area is 168 Å². The van der Waals surface area contributed by atoms with E-state index in [2.05, 4.69) is 16.0 Å². The van der Waals surface area contributed by atoms with Crippen LogP contribution in [-0.4, -0.2) is 46.4 Å². The van der Waals surface area contributed by atoms with Crippen LogP contribution in [0.2, 0.25) is 0 Å². The van der Waals surface area contributed by atoms with Crippen LogP contribution >= 0.6 is 0 Å². The summed E-state index contributed by atoms with van der Waals surface area (Å²) in [6.07, 6.45) is 5.32. The lowest BCUT2D eigenvalue weighted by Crippen LogP contribution is -2.49. The molecule has 2 aliphatic rings. The number of fused-ring (bicyclic) bond motifs is 4. The van der Waals surface area contributed by atoms with Gasteiger partial charge in [-0.15, -0.1) is 0 Å². The summed E-state index contributed by atoms with van der Waals surface area (Å²) in [4.78, 5) is 35.1. The van der Waals surface area contributed by atoms with E-state index in [0.717, 1.165) is 48.8 Å². The van der Waals surface area contributed by atoms with Gasteiger partial charge in [-0.2, -0.15) is 0 Å². The molecule has 0 saturated carbocycles. The third-order valence-electron chi connectivity index (χ3n) is 6.39. The Kier molecular flexibility index (Phi) is 4.34. The van der Waals surface area contributed by atoms with E-state index in [1.54, 1.807) is 6.33 Å². The zero-order valence-corrected chi connectivity index (χ0v) is 16.4. The van der Waals surface area contributed by atoms with Gasteiger partial charge >= 0.3 is 5.97 Å². The molecule has 2 atom stereocenters. The van der Waals surface area contributed by atoms with Crippen LogP contribution in [0.3, 0.4) is 0 Å². The lowest BCUT2D eigenvalue weighted by atomic mass is 9.72. The molecule has 29 heavy (non-hydrogen) atoms. The first-order valence-corrected chi connectivity index (χ1v) is 10.1. The first kappa shape index (κ1) is 17.9. The van der Waals surface area contributed by atoms with Gasteiger partial charge < -0.3 is 14.6 Å². The second-order valence-electron chi connectivity index (χ2n) is 7.86. The number of aromatic nitrogens is 2. The maximum absolute atomic E-state index is 13.4. The Bertz CT molecular complexity index is 1100. The van der Waals surface area contributed by atoms with Gasteiger partial charge in [0.25, 0.3) is 5.91 Å². The summed E-state index contributed by atoms with van der Waals surface area (Å²) in [5.41, 5.74) is 5.32. The van der Waals surface area contributed by atoms with Crippen LogP contribution in [0.1, 0.15) is 57.0 Å². The van der Waals surface area contributed by atoms with E-state index in [-0.39, 0.29) is 23.8 Å². The van der Waals surface area contributed by atoms with Crippen molar-refractivity contribution in [1.29, 1.82) is 0 Å². The summed E-state index contributed by atoms with van der Waals surface area (Å²) in [5.74, 6) is -0.0839. The predicted molar refractivity (Wildman–Crippen MR) is 109 cm³/mol. The fourth-order valence-electron chi connectivity index (χ4n) is 5.09. The summed E-state index contributed by atoms with van der Waals surface area (Å²) in [6, 6.07) is 11.6. The Morgan fingerprint density at radius 3 is 2.97 bits per heavy atom. The van der Waals surface area contributed by atoms with Crippen molar-refractivity contribution in [3.63, 3.8) is 0 Å². The van der Waals surface area contributed by atoms with Gasteiger partial charge in [-0.25, -0.2) is 9.78 Å². The molecule has 5 rings (SSSR count). The van der Waals surface area contributed by atoms with Crippen molar-refractivity contribution in [2.45, 2.75) is 37.6 Å². The highest BCUT2D eigenvalue weighted by Crippen LogP contribution is 2.43. The highest BCUT2D eigenvalue weighted by atomic mass is 16.5. The number of nitrogens with zero attached hydrogens (tertiary/aromatic N) is 2. The van der Waals surface area contributed by atoms with Crippen LogP contribution in [0.25, 0.3) is 11.0 Å². The second kappa shape index (κ2) is 7.03. The van der Waals surface area contributed by atoms with Crippen molar-refractivity contribution in [1.82, 2.24) is 14.9 Å². The van der Waals surface area contributed by atoms with Crippen LogP contribution in [0, 0.1) is 0 Å². The van der Waals surface area contributed by atoms with Gasteiger partial charge in [-0.3, -0.25) is 4.79 Å². The molecular weight excluding hydrogens is 366 g/mol. The normalized spacial score (nSPS) is 20.8. The largest absolute Gasteiger partial charge is 0.465 e. The molecule has 1 aromatic heterocycles. The summed E-state index contributed by atoms with van der Waals surface area (Å²) in [5, 5.41) is 0. The number of esters is 1. The van der Waals surface area contributed by atoms with E-state index in [1.165, 1.54) is 12.7 Å². The van der Waals surface area contributed by atoms with Gasteiger partial charge in [0.1, 0.15) is 0 Å². The number of methoxy groups -OCH3 is 1. The molecule has 3 aromatic rings. The molecule has 2 heterocycles. The number of imidazole rings is 1. The molecule has 6 nitrogen and oxygen atoms in total. The van der Waals surface area contributed by atoms with Gasteiger partial charge in [-0.05, 0) is 61.1 Å². The van der Waals surface area contributed by atoms with E-state index in [4.69, 9.17) is 4.74 Å². The van der Waals surface area contributed by atoms with Crippen LogP contribution < -0.4 is 0 Å². The molecule has 1 aliphatic heterocycles. The highest BCUT2D eigenvalue weighted by molar-refractivity contribution is 5.98. The minimum Gasteiger partial charge on any atom is -0.465 e. The van der Waals surface area contributed by atoms with Crippen LogP contribution in [0.5, 0.6) is 0 Å². The van der Waals surface area contributed by atoms with Crippen molar-refractivity contribution in [3.8, 4) is 0 Å². The molecule has 2 aromatic carbocycles. The number of H-pyrrole nitrogens is 1. The fourth-order valence-corrected chi connectivity index (χ4v) is 5.09. The Balaban J connectivity index is 1.51. The lowest BCUT2D eigenvalue weighted by Gasteiger charge is -2.45. The second-order valence-corrected chi connectivity index (χ2v) is 7.86. The number of ether oxygens (including phenoxy) is 1. The number of piperidine rings is 1. The van der Waals surface area contributed by atoms with Crippen molar-refractivity contribution in [3.05, 3.63) is 65.0 Å². The van der Waals surface area contributed by atoms with Gasteiger partial charge in [0.05, 0.1) is 30.0 Å². The Morgan fingerprint density at radius 2 is 2.10 bits per heavy atom. The highest BCUT2D eigenvalue weighted by Gasteiger charge is 2.40. The van der Waals surface area contributed by atoms with E-state index >= 15 is 0 Å². The zero-order chi connectivity index (χ0) is 20.0. The van der Waals surface area contributed by atoms with E-state index in [0.29, 0.717) is 11.1 Å².